The molecule has 0 fully saturated rings. The van der Waals surface area contributed by atoms with Gasteiger partial charge in [0, 0.05) is 5.69 Å². The highest BCUT2D eigenvalue weighted by atomic mass is 16.5. The van der Waals surface area contributed by atoms with E-state index in [0.717, 1.165) is 23.6 Å². The average Bonchev–Trinajstić information content (AvgIpc) is 2.33. The highest BCUT2D eigenvalue weighted by Gasteiger charge is 2.11. The van der Waals surface area contributed by atoms with E-state index in [1.54, 1.807) is 0 Å². The van der Waals surface area contributed by atoms with Crippen LogP contribution in [0.1, 0.15) is 26.3 Å². The van der Waals surface area contributed by atoms with E-state index in [9.17, 15) is 0 Å². The van der Waals surface area contributed by atoms with Gasteiger partial charge in [-0.1, -0.05) is 32.9 Å². The molecule has 0 aliphatic heterocycles. The SMILES string of the molecule is CC(C)(C)Cc1ccc(Oc2ccc(N)cc2)cc1. The number of anilines is 1. The van der Waals surface area contributed by atoms with E-state index in [1.807, 2.05) is 36.4 Å². The van der Waals surface area contributed by atoms with Gasteiger partial charge in [0.25, 0.3) is 0 Å². The first-order chi connectivity index (χ1) is 8.92. The van der Waals surface area contributed by atoms with E-state index in [4.69, 9.17) is 10.5 Å². The maximum absolute atomic E-state index is 5.76. The standard InChI is InChI=1S/C17H21NO/c1-17(2,3)12-13-4-8-15(9-5-13)19-16-10-6-14(18)7-11-16/h4-11H,12,18H2,1-3H3. The second-order valence-corrected chi connectivity index (χ2v) is 6.05. The van der Waals surface area contributed by atoms with E-state index < -0.39 is 0 Å². The number of ether oxygens (including phenoxy) is 1. The van der Waals surface area contributed by atoms with Crippen LogP contribution in [0, 0.1) is 5.41 Å². The topological polar surface area (TPSA) is 35.2 Å². The highest BCUT2D eigenvalue weighted by Crippen LogP contribution is 2.25. The smallest absolute Gasteiger partial charge is 0.127 e. The molecular weight excluding hydrogens is 234 g/mol. The number of nitrogen functional groups attached to an aromatic ring is 1. The van der Waals surface area contributed by atoms with Crippen LogP contribution in [0.4, 0.5) is 5.69 Å². The molecule has 2 aromatic rings. The fourth-order valence-electron chi connectivity index (χ4n) is 1.96. The van der Waals surface area contributed by atoms with Gasteiger partial charge in [-0.2, -0.15) is 0 Å². The molecule has 2 aromatic carbocycles. The fourth-order valence-corrected chi connectivity index (χ4v) is 1.96. The maximum atomic E-state index is 5.76. The van der Waals surface area contributed by atoms with Crippen molar-refractivity contribution in [2.75, 3.05) is 5.73 Å². The molecule has 2 heteroatoms. The zero-order valence-corrected chi connectivity index (χ0v) is 11.8. The minimum atomic E-state index is 0.305. The first-order valence-electron chi connectivity index (χ1n) is 6.55. The molecule has 0 spiro atoms. The summed E-state index contributed by atoms with van der Waals surface area (Å²) in [6, 6.07) is 15.7. The van der Waals surface area contributed by atoms with Crippen molar-refractivity contribution in [2.45, 2.75) is 27.2 Å². The maximum Gasteiger partial charge on any atom is 0.127 e. The highest BCUT2D eigenvalue weighted by molar-refractivity contribution is 5.43. The van der Waals surface area contributed by atoms with Crippen molar-refractivity contribution in [3.63, 3.8) is 0 Å². The van der Waals surface area contributed by atoms with Crippen LogP contribution in [0.2, 0.25) is 0 Å². The molecule has 0 aromatic heterocycles. The molecule has 2 N–H and O–H groups in total. The van der Waals surface area contributed by atoms with Crippen LogP contribution in [0.3, 0.4) is 0 Å². The van der Waals surface area contributed by atoms with Crippen LogP contribution in [0.15, 0.2) is 48.5 Å². The Kier molecular flexibility index (Phi) is 3.79. The summed E-state index contributed by atoms with van der Waals surface area (Å²) in [6.45, 7) is 6.73. The predicted molar refractivity (Wildman–Crippen MR) is 80.5 cm³/mol. The third-order valence-corrected chi connectivity index (χ3v) is 2.77. The molecule has 0 heterocycles. The molecular formula is C17H21NO. The minimum absolute atomic E-state index is 0.305. The van der Waals surface area contributed by atoms with Gasteiger partial charge in [-0.3, -0.25) is 0 Å². The molecule has 19 heavy (non-hydrogen) atoms. The molecule has 2 nitrogen and oxygen atoms in total. The van der Waals surface area contributed by atoms with Crippen LogP contribution in [-0.4, -0.2) is 0 Å². The monoisotopic (exact) mass is 255 g/mol. The number of rotatable bonds is 3. The lowest BCUT2D eigenvalue weighted by molar-refractivity contribution is 0.410. The Balaban J connectivity index is 2.04. The average molecular weight is 255 g/mol. The van der Waals surface area contributed by atoms with Gasteiger partial charge in [0.1, 0.15) is 11.5 Å². The lowest BCUT2D eigenvalue weighted by Crippen LogP contribution is -2.08. The molecule has 0 amide bonds. The summed E-state index contributed by atoms with van der Waals surface area (Å²) in [5.41, 5.74) is 8.02. The Hall–Kier alpha value is -1.96. The van der Waals surface area contributed by atoms with Crippen LogP contribution in [0.25, 0.3) is 0 Å². The molecule has 0 aliphatic rings. The summed E-state index contributed by atoms with van der Waals surface area (Å²) in [4.78, 5) is 0. The molecule has 100 valence electrons. The van der Waals surface area contributed by atoms with Gasteiger partial charge in [0.05, 0.1) is 0 Å². The van der Waals surface area contributed by atoms with Gasteiger partial charge in [-0.25, -0.2) is 0 Å². The number of nitrogens with two attached hydrogens (primary N) is 1. The lowest BCUT2D eigenvalue weighted by atomic mass is 9.88. The lowest BCUT2D eigenvalue weighted by Gasteiger charge is -2.18. The van der Waals surface area contributed by atoms with Crippen molar-refractivity contribution in [3.8, 4) is 11.5 Å². The Morgan fingerprint density at radius 2 is 1.32 bits per heavy atom. The summed E-state index contributed by atoms with van der Waals surface area (Å²) in [6.07, 6.45) is 1.06. The van der Waals surface area contributed by atoms with Crippen LogP contribution in [0.5, 0.6) is 11.5 Å². The number of hydrogen-bond donors (Lipinski definition) is 1. The largest absolute Gasteiger partial charge is 0.457 e. The van der Waals surface area contributed by atoms with E-state index in [0.29, 0.717) is 5.41 Å². The van der Waals surface area contributed by atoms with Gasteiger partial charge in [0.2, 0.25) is 0 Å². The van der Waals surface area contributed by atoms with Crippen molar-refractivity contribution in [1.29, 1.82) is 0 Å². The summed E-state index contributed by atoms with van der Waals surface area (Å²) in [7, 11) is 0. The molecule has 0 unspecified atom stereocenters. The molecule has 0 atom stereocenters. The van der Waals surface area contributed by atoms with E-state index in [2.05, 4.69) is 32.9 Å². The minimum Gasteiger partial charge on any atom is -0.457 e. The Labute approximate surface area is 115 Å². The fraction of sp³-hybridized carbons (Fsp3) is 0.294. The van der Waals surface area contributed by atoms with Crippen molar-refractivity contribution in [3.05, 3.63) is 54.1 Å². The molecule has 0 bridgehead atoms. The second kappa shape index (κ2) is 5.35. The van der Waals surface area contributed by atoms with Gasteiger partial charge in [-0.15, -0.1) is 0 Å². The van der Waals surface area contributed by atoms with Gasteiger partial charge in [-0.05, 0) is 53.8 Å². The third kappa shape index (κ3) is 4.32. The van der Waals surface area contributed by atoms with Crippen molar-refractivity contribution in [1.82, 2.24) is 0 Å². The molecule has 2 rings (SSSR count). The molecule has 0 aliphatic carbocycles. The molecule has 0 saturated carbocycles. The summed E-state index contributed by atoms with van der Waals surface area (Å²) in [5, 5.41) is 0. The van der Waals surface area contributed by atoms with Gasteiger partial charge < -0.3 is 10.5 Å². The van der Waals surface area contributed by atoms with E-state index >= 15 is 0 Å². The Morgan fingerprint density at radius 1 is 0.842 bits per heavy atom. The number of hydrogen-bond acceptors (Lipinski definition) is 2. The third-order valence-electron chi connectivity index (χ3n) is 2.77. The van der Waals surface area contributed by atoms with Crippen LogP contribution >= 0.6 is 0 Å². The quantitative estimate of drug-likeness (QED) is 0.810. The molecule has 0 saturated heterocycles. The zero-order valence-electron chi connectivity index (χ0n) is 11.8. The van der Waals surface area contributed by atoms with Crippen molar-refractivity contribution < 1.29 is 4.74 Å². The Bertz CT molecular complexity index is 521. The molecule has 0 radical (unpaired) electrons. The van der Waals surface area contributed by atoms with Crippen molar-refractivity contribution in [2.24, 2.45) is 5.41 Å². The first kappa shape index (κ1) is 13.5. The summed E-state index contributed by atoms with van der Waals surface area (Å²) < 4.78 is 5.76. The zero-order chi connectivity index (χ0) is 13.9. The predicted octanol–water partition coefficient (Wildman–Crippen LogP) is 4.65. The van der Waals surface area contributed by atoms with Gasteiger partial charge in [0.15, 0.2) is 0 Å². The first-order valence-corrected chi connectivity index (χ1v) is 6.55. The van der Waals surface area contributed by atoms with Gasteiger partial charge >= 0.3 is 0 Å². The summed E-state index contributed by atoms with van der Waals surface area (Å²) >= 11 is 0. The summed E-state index contributed by atoms with van der Waals surface area (Å²) in [5.74, 6) is 1.65. The Morgan fingerprint density at radius 3 is 1.79 bits per heavy atom. The van der Waals surface area contributed by atoms with Crippen LogP contribution < -0.4 is 10.5 Å². The van der Waals surface area contributed by atoms with E-state index in [1.165, 1.54) is 5.56 Å². The number of benzene rings is 2. The second-order valence-electron chi connectivity index (χ2n) is 6.05. The van der Waals surface area contributed by atoms with E-state index in [-0.39, 0.29) is 0 Å². The normalized spacial score (nSPS) is 11.3. The van der Waals surface area contributed by atoms with Crippen LogP contribution in [-0.2, 0) is 6.42 Å². The van der Waals surface area contributed by atoms with Crippen molar-refractivity contribution >= 4 is 5.69 Å².